The maximum atomic E-state index is 11.1. The lowest BCUT2D eigenvalue weighted by molar-refractivity contribution is -0.149. The summed E-state index contributed by atoms with van der Waals surface area (Å²) in [7, 11) is 1.08. The minimum Gasteiger partial charge on any atom is -0.507 e. The van der Waals surface area contributed by atoms with Crippen molar-refractivity contribution in [3.63, 3.8) is 0 Å². The fourth-order valence-corrected chi connectivity index (χ4v) is 1.26. The minimum atomic E-state index is -1.04. The van der Waals surface area contributed by atoms with E-state index >= 15 is 0 Å². The van der Waals surface area contributed by atoms with Crippen LogP contribution in [0.4, 0.5) is 0 Å². The smallest absolute Gasteiger partial charge is 0.378 e. The Hall–Kier alpha value is -1.81. The number of hydrogen-bond donors (Lipinski definition) is 1. The molecule has 0 fully saturated rings. The molecule has 1 aromatic carbocycles. The van der Waals surface area contributed by atoms with E-state index in [2.05, 4.69) is 4.74 Å². The molecule has 0 aliphatic rings. The first-order valence-electron chi connectivity index (χ1n) is 4.34. The number of aliphatic hydroxyl groups is 1. The number of ether oxygens (including phenoxy) is 1. The summed E-state index contributed by atoms with van der Waals surface area (Å²) in [6.45, 7) is 0. The Kier molecular flexibility index (Phi) is 4.08. The lowest BCUT2D eigenvalue weighted by atomic mass is 10.1. The molecule has 0 amide bonds. The fourth-order valence-electron chi connectivity index (χ4n) is 1.03. The van der Waals surface area contributed by atoms with Gasteiger partial charge in [0.05, 0.1) is 12.1 Å². The molecule has 1 rings (SSSR count). The number of methoxy groups -OCH3 is 1. The number of aliphatic hydroxyl groups excluding tert-OH is 1. The summed E-state index contributed by atoms with van der Waals surface area (Å²) >= 11 is 5.79. The van der Waals surface area contributed by atoms with E-state index in [-0.39, 0.29) is 16.3 Å². The van der Waals surface area contributed by atoms with Crippen LogP contribution >= 0.6 is 11.6 Å². The van der Waals surface area contributed by atoms with E-state index in [0.29, 0.717) is 0 Å². The zero-order valence-electron chi connectivity index (χ0n) is 8.44. The lowest BCUT2D eigenvalue weighted by Gasteiger charge is -2.01. The molecule has 0 radical (unpaired) electrons. The predicted octanol–water partition coefficient (Wildman–Crippen LogP) is 1.98. The van der Waals surface area contributed by atoms with Crippen molar-refractivity contribution >= 4 is 29.1 Å². The molecule has 0 atom stereocenters. The van der Waals surface area contributed by atoms with Crippen LogP contribution in [-0.4, -0.2) is 24.0 Å². The third kappa shape index (κ3) is 2.84. The number of halogens is 1. The molecule has 84 valence electrons. The Balaban J connectivity index is 2.99. The molecule has 0 aliphatic carbocycles. The molecular weight excluding hydrogens is 232 g/mol. The largest absolute Gasteiger partial charge is 0.507 e. The van der Waals surface area contributed by atoms with Crippen molar-refractivity contribution in [1.29, 1.82) is 0 Å². The van der Waals surface area contributed by atoms with E-state index in [1.807, 2.05) is 0 Å². The molecule has 1 N–H and O–H groups in total. The molecule has 1 aromatic rings. The van der Waals surface area contributed by atoms with Gasteiger partial charge in [0.1, 0.15) is 5.76 Å². The predicted molar refractivity (Wildman–Crippen MR) is 59.1 cm³/mol. The second-order valence-corrected chi connectivity index (χ2v) is 3.27. The van der Waals surface area contributed by atoms with Crippen LogP contribution in [0.15, 0.2) is 30.3 Å². The summed E-state index contributed by atoms with van der Waals surface area (Å²) < 4.78 is 4.20. The first-order valence-corrected chi connectivity index (χ1v) is 4.72. The highest BCUT2D eigenvalue weighted by molar-refractivity contribution is 6.39. The van der Waals surface area contributed by atoms with Gasteiger partial charge in [-0.3, -0.25) is 4.79 Å². The highest BCUT2D eigenvalue weighted by Crippen LogP contribution is 2.21. The fraction of sp³-hybridized carbons (Fsp3) is 0.0909. The first kappa shape index (κ1) is 12.3. The van der Waals surface area contributed by atoms with Crippen molar-refractivity contribution < 1.29 is 19.4 Å². The van der Waals surface area contributed by atoms with Crippen LogP contribution < -0.4 is 0 Å². The summed E-state index contributed by atoms with van der Waals surface area (Å²) in [5.41, 5.74) is 0.279. The average molecular weight is 241 g/mol. The number of rotatable bonds is 3. The number of ketones is 1. The summed E-state index contributed by atoms with van der Waals surface area (Å²) in [4.78, 5) is 21.9. The Bertz CT molecular complexity index is 451. The minimum absolute atomic E-state index is 0.279. The van der Waals surface area contributed by atoms with Gasteiger partial charge < -0.3 is 9.84 Å². The van der Waals surface area contributed by atoms with Crippen LogP contribution in [0.1, 0.15) is 5.56 Å². The van der Waals surface area contributed by atoms with Crippen LogP contribution in [-0.2, 0) is 14.3 Å². The second-order valence-electron chi connectivity index (χ2n) is 2.87. The third-order valence-electron chi connectivity index (χ3n) is 1.80. The third-order valence-corrected chi connectivity index (χ3v) is 2.13. The summed E-state index contributed by atoms with van der Waals surface area (Å²) in [6.07, 6.45) is 0.771. The molecule has 0 bridgehead atoms. The van der Waals surface area contributed by atoms with Crippen LogP contribution in [0.5, 0.6) is 0 Å². The van der Waals surface area contributed by atoms with Gasteiger partial charge in [-0.25, -0.2) is 4.79 Å². The molecule has 0 heterocycles. The maximum absolute atomic E-state index is 11.1. The Morgan fingerprint density at radius 2 is 2.00 bits per heavy atom. The SMILES string of the molecule is COC(=O)C(=O)/C=C(/O)c1ccccc1Cl. The van der Waals surface area contributed by atoms with E-state index < -0.39 is 11.8 Å². The van der Waals surface area contributed by atoms with Crippen LogP contribution in [0.2, 0.25) is 5.02 Å². The van der Waals surface area contributed by atoms with Gasteiger partial charge in [-0.1, -0.05) is 23.7 Å². The van der Waals surface area contributed by atoms with E-state index in [1.54, 1.807) is 18.2 Å². The van der Waals surface area contributed by atoms with Crippen molar-refractivity contribution in [2.75, 3.05) is 7.11 Å². The average Bonchev–Trinajstić information content (AvgIpc) is 2.28. The molecular formula is C11H9ClO4. The van der Waals surface area contributed by atoms with Gasteiger partial charge >= 0.3 is 5.97 Å². The van der Waals surface area contributed by atoms with Crippen molar-refractivity contribution in [3.8, 4) is 0 Å². The van der Waals surface area contributed by atoms with Crippen molar-refractivity contribution in [1.82, 2.24) is 0 Å². The van der Waals surface area contributed by atoms with Crippen molar-refractivity contribution in [2.45, 2.75) is 0 Å². The highest BCUT2D eigenvalue weighted by Gasteiger charge is 2.13. The highest BCUT2D eigenvalue weighted by atomic mass is 35.5. The van der Waals surface area contributed by atoms with E-state index in [9.17, 15) is 14.7 Å². The summed E-state index contributed by atoms with van der Waals surface area (Å²) in [6, 6.07) is 6.41. The number of esters is 1. The van der Waals surface area contributed by atoms with Gasteiger partial charge in [0.15, 0.2) is 0 Å². The van der Waals surface area contributed by atoms with Crippen LogP contribution in [0.3, 0.4) is 0 Å². The molecule has 0 unspecified atom stereocenters. The Morgan fingerprint density at radius 1 is 1.38 bits per heavy atom. The van der Waals surface area contributed by atoms with Crippen LogP contribution in [0, 0.1) is 0 Å². The van der Waals surface area contributed by atoms with E-state index in [4.69, 9.17) is 11.6 Å². The number of carbonyl (C=O) groups is 2. The van der Waals surface area contributed by atoms with Gasteiger partial charge in [0.25, 0.3) is 5.78 Å². The van der Waals surface area contributed by atoms with Gasteiger partial charge in [0.2, 0.25) is 0 Å². The van der Waals surface area contributed by atoms with Crippen molar-refractivity contribution in [3.05, 3.63) is 40.9 Å². The van der Waals surface area contributed by atoms with Gasteiger partial charge in [-0.05, 0) is 12.1 Å². The van der Waals surface area contributed by atoms with Gasteiger partial charge in [-0.15, -0.1) is 0 Å². The number of carbonyl (C=O) groups excluding carboxylic acids is 2. The monoisotopic (exact) mass is 240 g/mol. The first-order chi connectivity index (χ1) is 7.56. The zero-order chi connectivity index (χ0) is 12.1. The number of benzene rings is 1. The van der Waals surface area contributed by atoms with E-state index in [1.165, 1.54) is 6.07 Å². The molecule has 0 spiro atoms. The molecule has 5 heteroatoms. The van der Waals surface area contributed by atoms with Gasteiger partial charge in [-0.2, -0.15) is 0 Å². The molecule has 0 aliphatic heterocycles. The zero-order valence-corrected chi connectivity index (χ0v) is 9.19. The molecule has 4 nitrogen and oxygen atoms in total. The topological polar surface area (TPSA) is 63.6 Å². The van der Waals surface area contributed by atoms with Crippen LogP contribution in [0.25, 0.3) is 5.76 Å². The van der Waals surface area contributed by atoms with E-state index in [0.717, 1.165) is 13.2 Å². The Morgan fingerprint density at radius 3 is 2.56 bits per heavy atom. The number of hydrogen-bond acceptors (Lipinski definition) is 4. The molecule has 0 aromatic heterocycles. The summed E-state index contributed by atoms with van der Waals surface area (Å²) in [5, 5.41) is 9.85. The molecule has 0 saturated heterocycles. The van der Waals surface area contributed by atoms with Gasteiger partial charge in [0, 0.05) is 11.6 Å². The quantitative estimate of drug-likeness (QED) is 0.380. The Labute approximate surface area is 97.1 Å². The maximum Gasteiger partial charge on any atom is 0.378 e. The van der Waals surface area contributed by atoms with Crippen molar-refractivity contribution in [2.24, 2.45) is 0 Å². The molecule has 0 saturated carbocycles. The summed E-state index contributed by atoms with van der Waals surface area (Å²) in [5.74, 6) is -2.36. The second kappa shape index (κ2) is 5.32. The standard InChI is InChI=1S/C11H9ClO4/c1-16-11(15)10(14)6-9(13)7-4-2-3-5-8(7)12/h2-6,13H,1H3/b9-6+. The normalized spacial score (nSPS) is 11.0. The lowest BCUT2D eigenvalue weighted by Crippen LogP contribution is -2.13. The molecule has 16 heavy (non-hydrogen) atoms.